The van der Waals surface area contributed by atoms with Gasteiger partial charge in [0.15, 0.2) is 0 Å². The third kappa shape index (κ3) is 2.48. The molecule has 0 spiro atoms. The number of halogens is 1. The Labute approximate surface area is 130 Å². The first-order chi connectivity index (χ1) is 10.7. The van der Waals surface area contributed by atoms with E-state index in [0.29, 0.717) is 6.04 Å². The van der Waals surface area contributed by atoms with Crippen molar-refractivity contribution in [2.24, 2.45) is 5.92 Å². The van der Waals surface area contributed by atoms with Gasteiger partial charge < -0.3 is 10.2 Å². The molecule has 0 aliphatic carbocycles. The number of hydrogen-bond acceptors (Lipinski definition) is 3. The van der Waals surface area contributed by atoms with Crippen LogP contribution in [-0.2, 0) is 0 Å². The Morgan fingerprint density at radius 1 is 1.23 bits per heavy atom. The Morgan fingerprint density at radius 3 is 2.95 bits per heavy atom. The molecule has 0 unspecified atom stereocenters. The highest BCUT2D eigenvalue weighted by Crippen LogP contribution is 2.30. The van der Waals surface area contributed by atoms with Crippen LogP contribution in [-0.4, -0.2) is 30.7 Å². The van der Waals surface area contributed by atoms with Gasteiger partial charge in [-0.05, 0) is 48.6 Å². The number of hydrogen-bond donors (Lipinski definition) is 1. The van der Waals surface area contributed by atoms with Crippen molar-refractivity contribution in [2.75, 3.05) is 24.5 Å². The number of benzene rings is 1. The lowest BCUT2D eigenvalue weighted by Crippen LogP contribution is -2.41. The van der Waals surface area contributed by atoms with Gasteiger partial charge in [0.05, 0.1) is 11.9 Å². The van der Waals surface area contributed by atoms with E-state index in [1.807, 2.05) is 25.4 Å². The lowest BCUT2D eigenvalue weighted by molar-refractivity contribution is 0.474. The van der Waals surface area contributed by atoms with Crippen LogP contribution in [0.5, 0.6) is 0 Å². The van der Waals surface area contributed by atoms with Crippen molar-refractivity contribution in [3.63, 3.8) is 0 Å². The summed E-state index contributed by atoms with van der Waals surface area (Å²) in [7, 11) is 0. The molecular formula is C18H20FN3. The zero-order valence-electron chi connectivity index (χ0n) is 12.7. The lowest BCUT2D eigenvalue weighted by atomic mass is 9.98. The van der Waals surface area contributed by atoms with E-state index in [2.05, 4.69) is 21.3 Å². The first-order valence-electron chi connectivity index (χ1n) is 7.89. The van der Waals surface area contributed by atoms with Crippen molar-refractivity contribution < 1.29 is 4.39 Å². The highest BCUT2D eigenvalue weighted by molar-refractivity contribution is 5.70. The number of nitrogens with zero attached hydrogens (tertiary/aromatic N) is 2. The van der Waals surface area contributed by atoms with Gasteiger partial charge in [0.25, 0.3) is 0 Å². The molecule has 1 aromatic heterocycles. The molecule has 2 atom stereocenters. The molecule has 1 N–H and O–H groups in total. The van der Waals surface area contributed by atoms with E-state index in [4.69, 9.17) is 0 Å². The van der Waals surface area contributed by atoms with Gasteiger partial charge in [-0.1, -0.05) is 6.07 Å². The van der Waals surface area contributed by atoms with Gasteiger partial charge in [0.2, 0.25) is 0 Å². The van der Waals surface area contributed by atoms with Gasteiger partial charge in [-0.3, -0.25) is 4.98 Å². The maximum atomic E-state index is 13.3. The fourth-order valence-corrected chi connectivity index (χ4v) is 3.74. The summed E-state index contributed by atoms with van der Waals surface area (Å²) in [5.74, 6) is 0.555. The number of pyridine rings is 1. The number of rotatable bonds is 2. The van der Waals surface area contributed by atoms with Crippen LogP contribution in [0.4, 0.5) is 10.1 Å². The van der Waals surface area contributed by atoms with E-state index in [1.54, 1.807) is 6.07 Å². The quantitative estimate of drug-likeness (QED) is 0.923. The Kier molecular flexibility index (Phi) is 3.34. The molecule has 0 radical (unpaired) electrons. The molecule has 2 bridgehead atoms. The SMILES string of the molecule is Cc1cc(F)ccc1-c1cncc(N2C[C@@H]3CN[C@@H](C3)C2)c1. The molecular weight excluding hydrogens is 277 g/mol. The summed E-state index contributed by atoms with van der Waals surface area (Å²) in [5.41, 5.74) is 4.22. The summed E-state index contributed by atoms with van der Waals surface area (Å²) < 4.78 is 13.3. The highest BCUT2D eigenvalue weighted by Gasteiger charge is 2.32. The molecule has 22 heavy (non-hydrogen) atoms. The number of nitrogens with one attached hydrogen (secondary N) is 1. The Bertz CT molecular complexity index is 688. The normalized spacial score (nSPS) is 23.8. The molecule has 4 heteroatoms. The third-order valence-electron chi connectivity index (χ3n) is 4.82. The number of piperidine rings is 1. The minimum Gasteiger partial charge on any atom is -0.368 e. The second kappa shape index (κ2) is 5.36. The molecule has 0 amide bonds. The standard InChI is InChI=1S/C18H20FN3/c1-12-4-15(19)2-3-18(12)14-6-17(9-20-8-14)22-10-13-5-16(11-22)21-7-13/h2-4,6,8-9,13,16,21H,5,7,10-11H2,1H3/t13-,16-/m0/s1. The average molecular weight is 297 g/mol. The number of aromatic nitrogens is 1. The van der Waals surface area contributed by atoms with Crippen LogP contribution in [0, 0.1) is 18.7 Å². The molecule has 2 aliphatic heterocycles. The van der Waals surface area contributed by atoms with Crippen molar-refractivity contribution in [1.29, 1.82) is 0 Å². The first kappa shape index (κ1) is 13.7. The van der Waals surface area contributed by atoms with Crippen LogP contribution in [0.15, 0.2) is 36.7 Å². The van der Waals surface area contributed by atoms with Crippen LogP contribution in [0.25, 0.3) is 11.1 Å². The molecule has 2 aliphatic rings. The minimum absolute atomic E-state index is 0.191. The summed E-state index contributed by atoms with van der Waals surface area (Å²) in [4.78, 5) is 6.84. The van der Waals surface area contributed by atoms with E-state index in [-0.39, 0.29) is 5.82 Å². The molecule has 1 aromatic carbocycles. The van der Waals surface area contributed by atoms with E-state index < -0.39 is 0 Å². The summed E-state index contributed by atoms with van der Waals surface area (Å²) in [5, 5.41) is 3.58. The predicted molar refractivity (Wildman–Crippen MR) is 86.5 cm³/mol. The largest absolute Gasteiger partial charge is 0.368 e. The van der Waals surface area contributed by atoms with Crippen molar-refractivity contribution in [2.45, 2.75) is 19.4 Å². The van der Waals surface area contributed by atoms with Gasteiger partial charge in [-0.2, -0.15) is 0 Å². The van der Waals surface area contributed by atoms with Crippen LogP contribution in [0.1, 0.15) is 12.0 Å². The van der Waals surface area contributed by atoms with E-state index >= 15 is 0 Å². The lowest BCUT2D eigenvalue weighted by Gasteiger charge is -2.33. The third-order valence-corrected chi connectivity index (χ3v) is 4.82. The van der Waals surface area contributed by atoms with E-state index in [0.717, 1.165) is 42.2 Å². The second-order valence-electron chi connectivity index (χ2n) is 6.50. The maximum absolute atomic E-state index is 13.3. The molecule has 2 aromatic rings. The summed E-state index contributed by atoms with van der Waals surface area (Å²) >= 11 is 0. The number of anilines is 1. The maximum Gasteiger partial charge on any atom is 0.123 e. The Morgan fingerprint density at radius 2 is 2.14 bits per heavy atom. The fraction of sp³-hybridized carbons (Fsp3) is 0.389. The van der Waals surface area contributed by atoms with Crippen LogP contribution in [0.3, 0.4) is 0 Å². The Balaban J connectivity index is 1.65. The summed E-state index contributed by atoms with van der Waals surface area (Å²) in [6.07, 6.45) is 5.09. The number of aryl methyl sites for hydroxylation is 1. The molecule has 3 heterocycles. The van der Waals surface area contributed by atoms with E-state index in [9.17, 15) is 4.39 Å². The van der Waals surface area contributed by atoms with E-state index in [1.165, 1.54) is 18.2 Å². The van der Waals surface area contributed by atoms with Crippen molar-refractivity contribution in [3.05, 3.63) is 48.0 Å². The molecule has 4 rings (SSSR count). The zero-order chi connectivity index (χ0) is 15.1. The zero-order valence-corrected chi connectivity index (χ0v) is 12.7. The monoisotopic (exact) mass is 297 g/mol. The van der Waals surface area contributed by atoms with Gasteiger partial charge in [-0.25, -0.2) is 4.39 Å². The predicted octanol–water partition coefficient (Wildman–Crippen LogP) is 2.99. The smallest absolute Gasteiger partial charge is 0.123 e. The summed E-state index contributed by atoms with van der Waals surface area (Å²) in [6.45, 7) is 5.21. The van der Waals surface area contributed by atoms with Gasteiger partial charge in [-0.15, -0.1) is 0 Å². The van der Waals surface area contributed by atoms with Crippen LogP contribution < -0.4 is 10.2 Å². The van der Waals surface area contributed by atoms with Crippen molar-refractivity contribution >= 4 is 5.69 Å². The molecule has 114 valence electrons. The van der Waals surface area contributed by atoms with Crippen LogP contribution >= 0.6 is 0 Å². The minimum atomic E-state index is -0.191. The summed E-state index contributed by atoms with van der Waals surface area (Å²) in [6, 6.07) is 7.72. The first-order valence-corrected chi connectivity index (χ1v) is 7.89. The molecule has 2 saturated heterocycles. The fourth-order valence-electron chi connectivity index (χ4n) is 3.74. The second-order valence-corrected chi connectivity index (χ2v) is 6.50. The van der Waals surface area contributed by atoms with Crippen molar-refractivity contribution in [1.82, 2.24) is 10.3 Å². The van der Waals surface area contributed by atoms with Gasteiger partial charge in [0.1, 0.15) is 5.82 Å². The highest BCUT2D eigenvalue weighted by atomic mass is 19.1. The topological polar surface area (TPSA) is 28.2 Å². The number of fused-ring (bicyclic) bond motifs is 2. The molecule has 0 saturated carbocycles. The average Bonchev–Trinajstić information content (AvgIpc) is 2.86. The van der Waals surface area contributed by atoms with Crippen LogP contribution in [0.2, 0.25) is 0 Å². The molecule has 2 fully saturated rings. The van der Waals surface area contributed by atoms with Gasteiger partial charge in [0, 0.05) is 37.4 Å². The van der Waals surface area contributed by atoms with Gasteiger partial charge >= 0.3 is 0 Å². The molecule has 3 nitrogen and oxygen atoms in total. The van der Waals surface area contributed by atoms with Crippen molar-refractivity contribution in [3.8, 4) is 11.1 Å². The Hall–Kier alpha value is -1.94.